The molecule has 0 aliphatic rings. The van der Waals surface area contributed by atoms with Crippen LogP contribution in [0.2, 0.25) is 0 Å². The van der Waals surface area contributed by atoms with Crippen LogP contribution in [0.4, 0.5) is 0 Å². The minimum Gasteiger partial charge on any atom is -0.469 e. The number of esters is 1. The van der Waals surface area contributed by atoms with E-state index in [9.17, 15) is 9.90 Å². The summed E-state index contributed by atoms with van der Waals surface area (Å²) < 4.78 is 4.69. The third-order valence-corrected chi connectivity index (χ3v) is 2.82. The van der Waals surface area contributed by atoms with Crippen molar-refractivity contribution in [3.8, 4) is 0 Å². The monoisotopic (exact) mass is 223 g/mol. The number of carbonyl (C=O) groups excluding carboxylic acids is 1. The zero-order valence-electron chi connectivity index (χ0n) is 9.80. The second-order valence-electron chi connectivity index (χ2n) is 3.87. The third kappa shape index (κ3) is 2.39. The molecule has 0 spiro atoms. The number of aromatic nitrogens is 1. The normalized spacial score (nSPS) is 16.2. The van der Waals surface area contributed by atoms with Crippen molar-refractivity contribution in [1.29, 1.82) is 0 Å². The number of carbonyl (C=O) groups is 1. The van der Waals surface area contributed by atoms with Gasteiger partial charge < -0.3 is 9.84 Å². The number of hydrogen-bond donors (Lipinski definition) is 1. The van der Waals surface area contributed by atoms with Crippen LogP contribution in [0.1, 0.15) is 25.8 Å². The number of pyridine rings is 1. The van der Waals surface area contributed by atoms with E-state index in [0.29, 0.717) is 12.0 Å². The molecule has 1 aromatic rings. The van der Waals surface area contributed by atoms with Crippen molar-refractivity contribution in [2.45, 2.75) is 25.9 Å². The van der Waals surface area contributed by atoms with Crippen LogP contribution in [-0.4, -0.2) is 23.2 Å². The predicted octanol–water partition coefficient (Wildman–Crippen LogP) is 1.49. The second kappa shape index (κ2) is 5.07. The van der Waals surface area contributed by atoms with Gasteiger partial charge in [-0.1, -0.05) is 13.0 Å². The van der Waals surface area contributed by atoms with E-state index in [-0.39, 0.29) is 0 Å². The topological polar surface area (TPSA) is 59.4 Å². The van der Waals surface area contributed by atoms with Crippen LogP contribution in [0.3, 0.4) is 0 Å². The van der Waals surface area contributed by atoms with Gasteiger partial charge in [0, 0.05) is 18.0 Å². The van der Waals surface area contributed by atoms with Crippen LogP contribution < -0.4 is 0 Å². The molecule has 1 aromatic heterocycles. The summed E-state index contributed by atoms with van der Waals surface area (Å²) in [6.07, 6.45) is 3.69. The molecule has 2 atom stereocenters. The molecule has 0 aliphatic carbocycles. The highest BCUT2D eigenvalue weighted by Gasteiger charge is 2.38. The SMILES string of the molecule is CCC(C(=O)OC)C(C)(O)c1cccnc1. The van der Waals surface area contributed by atoms with Gasteiger partial charge in [-0.2, -0.15) is 0 Å². The van der Waals surface area contributed by atoms with Gasteiger partial charge in [-0.15, -0.1) is 0 Å². The summed E-state index contributed by atoms with van der Waals surface area (Å²) in [6.45, 7) is 3.45. The first-order valence-electron chi connectivity index (χ1n) is 5.24. The molecular weight excluding hydrogens is 206 g/mol. The van der Waals surface area contributed by atoms with Gasteiger partial charge in [0.05, 0.1) is 13.0 Å². The molecule has 1 heterocycles. The molecular formula is C12H17NO3. The van der Waals surface area contributed by atoms with Gasteiger partial charge in [-0.05, 0) is 19.4 Å². The molecule has 0 aromatic carbocycles. The highest BCUT2D eigenvalue weighted by molar-refractivity contribution is 5.74. The second-order valence-corrected chi connectivity index (χ2v) is 3.87. The molecule has 0 bridgehead atoms. The van der Waals surface area contributed by atoms with E-state index in [4.69, 9.17) is 4.74 Å². The van der Waals surface area contributed by atoms with E-state index in [1.807, 2.05) is 6.92 Å². The Balaban J connectivity index is 3.04. The van der Waals surface area contributed by atoms with Crippen LogP contribution in [0, 0.1) is 5.92 Å². The van der Waals surface area contributed by atoms with E-state index in [1.165, 1.54) is 7.11 Å². The first-order valence-corrected chi connectivity index (χ1v) is 5.24. The van der Waals surface area contributed by atoms with Crippen molar-refractivity contribution in [2.75, 3.05) is 7.11 Å². The van der Waals surface area contributed by atoms with E-state index >= 15 is 0 Å². The van der Waals surface area contributed by atoms with Crippen molar-refractivity contribution in [3.63, 3.8) is 0 Å². The number of aliphatic hydroxyl groups is 1. The Morgan fingerprint density at radius 3 is 2.81 bits per heavy atom. The Labute approximate surface area is 95.3 Å². The zero-order chi connectivity index (χ0) is 12.2. The summed E-state index contributed by atoms with van der Waals surface area (Å²) in [5, 5.41) is 10.4. The van der Waals surface area contributed by atoms with Gasteiger partial charge in [0.1, 0.15) is 5.60 Å². The number of hydrogen-bond acceptors (Lipinski definition) is 4. The maximum absolute atomic E-state index is 11.6. The van der Waals surface area contributed by atoms with Crippen LogP contribution in [0.15, 0.2) is 24.5 Å². The van der Waals surface area contributed by atoms with Crippen molar-refractivity contribution >= 4 is 5.97 Å². The van der Waals surface area contributed by atoms with Gasteiger partial charge in [-0.25, -0.2) is 0 Å². The van der Waals surface area contributed by atoms with Crippen molar-refractivity contribution in [3.05, 3.63) is 30.1 Å². The molecule has 2 unspecified atom stereocenters. The lowest BCUT2D eigenvalue weighted by atomic mass is 9.82. The summed E-state index contributed by atoms with van der Waals surface area (Å²) in [5.74, 6) is -0.988. The molecule has 0 amide bonds. The molecule has 4 heteroatoms. The molecule has 0 radical (unpaired) electrons. The van der Waals surface area contributed by atoms with Gasteiger partial charge >= 0.3 is 5.97 Å². The lowest BCUT2D eigenvalue weighted by Gasteiger charge is -2.30. The van der Waals surface area contributed by atoms with Gasteiger partial charge in [0.15, 0.2) is 0 Å². The average molecular weight is 223 g/mol. The predicted molar refractivity (Wildman–Crippen MR) is 59.6 cm³/mol. The van der Waals surface area contributed by atoms with E-state index < -0.39 is 17.5 Å². The standard InChI is InChI=1S/C12H17NO3/c1-4-10(11(14)16-3)12(2,15)9-6-5-7-13-8-9/h5-8,10,15H,4H2,1-3H3. The van der Waals surface area contributed by atoms with Gasteiger partial charge in [-0.3, -0.25) is 9.78 Å². The Bertz CT molecular complexity index is 349. The Hall–Kier alpha value is -1.42. The molecule has 4 nitrogen and oxygen atoms in total. The van der Waals surface area contributed by atoms with Crippen molar-refractivity contribution in [2.24, 2.45) is 5.92 Å². The summed E-state index contributed by atoms with van der Waals surface area (Å²) >= 11 is 0. The highest BCUT2D eigenvalue weighted by Crippen LogP contribution is 2.31. The Morgan fingerprint density at radius 1 is 1.69 bits per heavy atom. The third-order valence-electron chi connectivity index (χ3n) is 2.82. The lowest BCUT2D eigenvalue weighted by molar-refractivity contribution is -0.155. The largest absolute Gasteiger partial charge is 0.469 e. The molecule has 88 valence electrons. The van der Waals surface area contributed by atoms with Crippen LogP contribution >= 0.6 is 0 Å². The molecule has 1 rings (SSSR count). The molecule has 1 N–H and O–H groups in total. The molecule has 0 aliphatic heterocycles. The van der Waals surface area contributed by atoms with E-state index in [2.05, 4.69) is 4.98 Å². The number of methoxy groups -OCH3 is 1. The number of nitrogens with zero attached hydrogens (tertiary/aromatic N) is 1. The summed E-state index contributed by atoms with van der Waals surface area (Å²) in [4.78, 5) is 15.5. The van der Waals surface area contributed by atoms with Crippen LogP contribution in [0.5, 0.6) is 0 Å². The van der Waals surface area contributed by atoms with Gasteiger partial charge in [0.2, 0.25) is 0 Å². The maximum Gasteiger partial charge on any atom is 0.311 e. The fraction of sp³-hybridized carbons (Fsp3) is 0.500. The average Bonchev–Trinajstić information content (AvgIpc) is 2.30. The van der Waals surface area contributed by atoms with E-state index in [0.717, 1.165) is 0 Å². The quantitative estimate of drug-likeness (QED) is 0.786. The summed E-state index contributed by atoms with van der Waals surface area (Å²) in [7, 11) is 1.32. The maximum atomic E-state index is 11.6. The van der Waals surface area contributed by atoms with Crippen molar-refractivity contribution in [1.82, 2.24) is 4.98 Å². The van der Waals surface area contributed by atoms with E-state index in [1.54, 1.807) is 31.5 Å². The van der Waals surface area contributed by atoms with Crippen LogP contribution in [0.25, 0.3) is 0 Å². The fourth-order valence-electron chi connectivity index (χ4n) is 1.80. The molecule has 0 fully saturated rings. The number of rotatable bonds is 4. The lowest BCUT2D eigenvalue weighted by Crippen LogP contribution is -2.37. The molecule has 0 saturated carbocycles. The fourth-order valence-corrected chi connectivity index (χ4v) is 1.80. The smallest absolute Gasteiger partial charge is 0.311 e. The highest BCUT2D eigenvalue weighted by atomic mass is 16.5. The summed E-state index contributed by atoms with van der Waals surface area (Å²) in [5.41, 5.74) is -0.636. The first-order chi connectivity index (χ1) is 7.54. The number of ether oxygens (including phenoxy) is 1. The summed E-state index contributed by atoms with van der Waals surface area (Å²) in [6, 6.07) is 3.48. The Morgan fingerprint density at radius 2 is 2.38 bits per heavy atom. The molecule has 0 saturated heterocycles. The minimum atomic E-state index is -1.25. The van der Waals surface area contributed by atoms with Crippen molar-refractivity contribution < 1.29 is 14.6 Å². The molecule has 16 heavy (non-hydrogen) atoms. The Kier molecular flexibility index (Phi) is 4.01. The zero-order valence-corrected chi connectivity index (χ0v) is 9.80. The van der Waals surface area contributed by atoms with Crippen LogP contribution in [-0.2, 0) is 15.1 Å². The van der Waals surface area contributed by atoms with Gasteiger partial charge in [0.25, 0.3) is 0 Å². The minimum absolute atomic E-state index is 0.406. The first kappa shape index (κ1) is 12.6.